The highest BCUT2D eigenvalue weighted by Gasteiger charge is 2.34. The van der Waals surface area contributed by atoms with Crippen LogP contribution in [0.25, 0.3) is 0 Å². The second kappa shape index (κ2) is 7.33. The normalized spacial score (nSPS) is 18.0. The molecule has 1 atom stereocenters. The maximum absolute atomic E-state index is 13.0. The molecular formula is C17H22F3N3O2. The molecule has 0 saturated carbocycles. The number of alkyl halides is 3. The van der Waals surface area contributed by atoms with E-state index >= 15 is 0 Å². The van der Waals surface area contributed by atoms with Gasteiger partial charge in [0.2, 0.25) is 5.91 Å². The number of carbonyl (C=O) groups excluding carboxylic acids is 2. The second-order valence-electron chi connectivity index (χ2n) is 6.50. The molecule has 0 spiro atoms. The zero-order chi connectivity index (χ0) is 18.8. The van der Waals surface area contributed by atoms with Crippen molar-refractivity contribution in [3.05, 3.63) is 35.4 Å². The standard InChI is InChI=1S/C17H22F3N3O2/c1-11(2)23-10-13(8-15(23)24)21-16(25)22(3)9-12-6-4-5-7-14(12)17(18,19)20/h4-7,11,13H,8-10H2,1-3H3,(H,21,25)/t13-/m0/s1. The van der Waals surface area contributed by atoms with Crippen LogP contribution in [0.3, 0.4) is 0 Å². The van der Waals surface area contributed by atoms with E-state index in [1.807, 2.05) is 13.8 Å². The molecule has 5 nitrogen and oxygen atoms in total. The molecule has 1 aromatic carbocycles. The molecule has 2 rings (SSSR count). The lowest BCUT2D eigenvalue weighted by atomic mass is 10.1. The Kier molecular flexibility index (Phi) is 5.59. The van der Waals surface area contributed by atoms with E-state index in [1.54, 1.807) is 4.90 Å². The lowest BCUT2D eigenvalue weighted by Crippen LogP contribution is -2.44. The molecule has 0 unspecified atom stereocenters. The highest BCUT2D eigenvalue weighted by atomic mass is 19.4. The third-order valence-electron chi connectivity index (χ3n) is 4.19. The fourth-order valence-corrected chi connectivity index (χ4v) is 2.87. The molecule has 0 radical (unpaired) electrons. The van der Waals surface area contributed by atoms with Crippen molar-refractivity contribution in [1.29, 1.82) is 0 Å². The van der Waals surface area contributed by atoms with Crippen molar-refractivity contribution in [2.24, 2.45) is 0 Å². The Morgan fingerprint density at radius 3 is 2.56 bits per heavy atom. The average Bonchev–Trinajstić information content (AvgIpc) is 2.87. The fraction of sp³-hybridized carbons (Fsp3) is 0.529. The van der Waals surface area contributed by atoms with Gasteiger partial charge in [0.05, 0.1) is 11.6 Å². The number of hydrogen-bond donors (Lipinski definition) is 1. The van der Waals surface area contributed by atoms with Crippen LogP contribution in [0.5, 0.6) is 0 Å². The highest BCUT2D eigenvalue weighted by molar-refractivity contribution is 5.81. The monoisotopic (exact) mass is 357 g/mol. The Labute approximate surface area is 144 Å². The van der Waals surface area contributed by atoms with Crippen molar-refractivity contribution in [3.8, 4) is 0 Å². The van der Waals surface area contributed by atoms with Gasteiger partial charge in [-0.05, 0) is 25.5 Å². The number of rotatable bonds is 4. The Morgan fingerprint density at radius 1 is 1.36 bits per heavy atom. The van der Waals surface area contributed by atoms with Gasteiger partial charge in [-0.2, -0.15) is 13.2 Å². The van der Waals surface area contributed by atoms with E-state index in [0.717, 1.165) is 6.07 Å². The van der Waals surface area contributed by atoms with Crippen molar-refractivity contribution >= 4 is 11.9 Å². The van der Waals surface area contributed by atoms with Crippen LogP contribution in [0, 0.1) is 0 Å². The van der Waals surface area contributed by atoms with Crippen LogP contribution in [0.4, 0.5) is 18.0 Å². The summed E-state index contributed by atoms with van der Waals surface area (Å²) in [6.07, 6.45) is -4.26. The first-order valence-electron chi connectivity index (χ1n) is 8.05. The SMILES string of the molecule is CC(C)N1C[C@@H](NC(=O)N(C)Cc2ccccc2C(F)(F)F)CC1=O. The number of halogens is 3. The molecule has 1 N–H and O–H groups in total. The van der Waals surface area contributed by atoms with Crippen LogP contribution in [-0.2, 0) is 17.5 Å². The number of hydrogen-bond acceptors (Lipinski definition) is 2. The van der Waals surface area contributed by atoms with Gasteiger partial charge in [-0.25, -0.2) is 4.79 Å². The summed E-state index contributed by atoms with van der Waals surface area (Å²) in [5.41, 5.74) is -0.726. The van der Waals surface area contributed by atoms with Crippen LogP contribution in [0.1, 0.15) is 31.4 Å². The van der Waals surface area contributed by atoms with E-state index in [2.05, 4.69) is 5.32 Å². The van der Waals surface area contributed by atoms with Gasteiger partial charge in [-0.1, -0.05) is 18.2 Å². The highest BCUT2D eigenvalue weighted by Crippen LogP contribution is 2.32. The summed E-state index contributed by atoms with van der Waals surface area (Å²) in [7, 11) is 1.43. The fourth-order valence-electron chi connectivity index (χ4n) is 2.87. The molecule has 8 heteroatoms. The first-order chi connectivity index (χ1) is 11.6. The number of carbonyl (C=O) groups is 2. The molecule has 1 aromatic rings. The van der Waals surface area contributed by atoms with Crippen molar-refractivity contribution in [1.82, 2.24) is 15.1 Å². The second-order valence-corrected chi connectivity index (χ2v) is 6.50. The van der Waals surface area contributed by atoms with E-state index in [1.165, 1.54) is 30.1 Å². The number of benzene rings is 1. The summed E-state index contributed by atoms with van der Waals surface area (Å²) in [4.78, 5) is 27.0. The Morgan fingerprint density at radius 2 is 2.00 bits per heavy atom. The Bertz CT molecular complexity index is 646. The maximum Gasteiger partial charge on any atom is 0.416 e. The summed E-state index contributed by atoms with van der Waals surface area (Å²) >= 11 is 0. The molecule has 138 valence electrons. The van der Waals surface area contributed by atoms with Crippen LogP contribution >= 0.6 is 0 Å². The summed E-state index contributed by atoms with van der Waals surface area (Å²) in [6, 6.07) is 4.39. The average molecular weight is 357 g/mol. The van der Waals surface area contributed by atoms with Crippen molar-refractivity contribution in [2.75, 3.05) is 13.6 Å². The smallest absolute Gasteiger partial charge is 0.338 e. The molecule has 3 amide bonds. The summed E-state index contributed by atoms with van der Waals surface area (Å²) in [5.74, 6) is -0.0367. The lowest BCUT2D eigenvalue weighted by molar-refractivity contribution is -0.138. The van der Waals surface area contributed by atoms with Crippen LogP contribution in [0.2, 0.25) is 0 Å². The van der Waals surface area contributed by atoms with Gasteiger partial charge in [-0.15, -0.1) is 0 Å². The lowest BCUT2D eigenvalue weighted by Gasteiger charge is -2.24. The minimum atomic E-state index is -4.47. The molecule has 1 saturated heterocycles. The molecule has 0 aromatic heterocycles. The molecule has 1 fully saturated rings. The zero-order valence-corrected chi connectivity index (χ0v) is 14.4. The summed E-state index contributed by atoms with van der Waals surface area (Å²) in [6.45, 7) is 4.02. The van der Waals surface area contributed by atoms with Gasteiger partial charge in [0.1, 0.15) is 0 Å². The Hall–Kier alpha value is -2.25. The third kappa shape index (κ3) is 4.64. The molecule has 0 bridgehead atoms. The van der Waals surface area contributed by atoms with Crippen LogP contribution < -0.4 is 5.32 Å². The van der Waals surface area contributed by atoms with E-state index in [-0.39, 0.29) is 36.5 Å². The van der Waals surface area contributed by atoms with Gasteiger partial charge < -0.3 is 15.1 Å². The molecule has 25 heavy (non-hydrogen) atoms. The molecule has 1 aliphatic rings. The van der Waals surface area contributed by atoms with E-state index in [0.29, 0.717) is 6.54 Å². The van der Waals surface area contributed by atoms with Crippen molar-refractivity contribution < 1.29 is 22.8 Å². The van der Waals surface area contributed by atoms with Crippen molar-refractivity contribution in [2.45, 2.75) is 45.1 Å². The van der Waals surface area contributed by atoms with Gasteiger partial charge in [0, 0.05) is 32.6 Å². The van der Waals surface area contributed by atoms with Crippen LogP contribution in [-0.4, -0.2) is 47.4 Å². The van der Waals surface area contributed by atoms with Gasteiger partial charge in [0.25, 0.3) is 0 Å². The largest absolute Gasteiger partial charge is 0.416 e. The summed E-state index contributed by atoms with van der Waals surface area (Å²) < 4.78 is 39.1. The zero-order valence-electron chi connectivity index (χ0n) is 14.4. The predicted molar refractivity (Wildman–Crippen MR) is 86.7 cm³/mol. The first kappa shape index (κ1) is 19.1. The van der Waals surface area contributed by atoms with Gasteiger partial charge >= 0.3 is 12.2 Å². The molecular weight excluding hydrogens is 335 g/mol. The van der Waals surface area contributed by atoms with Crippen LogP contribution in [0.15, 0.2) is 24.3 Å². The summed E-state index contributed by atoms with van der Waals surface area (Å²) in [5, 5.41) is 2.72. The molecule has 0 aliphatic carbocycles. The Balaban J connectivity index is 1.99. The predicted octanol–water partition coefficient (Wildman–Crippen LogP) is 2.86. The topological polar surface area (TPSA) is 52.7 Å². The van der Waals surface area contributed by atoms with Gasteiger partial charge in [-0.3, -0.25) is 4.79 Å². The van der Waals surface area contributed by atoms with E-state index in [4.69, 9.17) is 0 Å². The third-order valence-corrected chi connectivity index (χ3v) is 4.19. The van der Waals surface area contributed by atoms with E-state index < -0.39 is 17.8 Å². The first-order valence-corrected chi connectivity index (χ1v) is 8.05. The number of urea groups is 1. The molecule has 1 heterocycles. The maximum atomic E-state index is 13.0. The quantitative estimate of drug-likeness (QED) is 0.901. The van der Waals surface area contributed by atoms with Crippen molar-refractivity contribution in [3.63, 3.8) is 0 Å². The minimum absolute atomic E-state index is 0.0268. The number of likely N-dealkylation sites (tertiary alicyclic amines) is 1. The van der Waals surface area contributed by atoms with E-state index in [9.17, 15) is 22.8 Å². The molecule has 1 aliphatic heterocycles. The number of nitrogens with one attached hydrogen (secondary N) is 1. The minimum Gasteiger partial charge on any atom is -0.338 e. The number of nitrogens with zero attached hydrogens (tertiary/aromatic N) is 2. The van der Waals surface area contributed by atoms with Gasteiger partial charge in [0.15, 0.2) is 0 Å². The number of amides is 3.